The highest BCUT2D eigenvalue weighted by Gasteiger charge is 2.46. The lowest BCUT2D eigenvalue weighted by Crippen LogP contribution is -2.45. The largest absolute Gasteiger partial charge is 0.390 e. The van der Waals surface area contributed by atoms with Gasteiger partial charge in [-0.15, -0.1) is 0 Å². The molecule has 1 aliphatic carbocycles. The van der Waals surface area contributed by atoms with Gasteiger partial charge in [-0.05, 0) is 48.8 Å². The minimum Gasteiger partial charge on any atom is -0.390 e. The van der Waals surface area contributed by atoms with Crippen molar-refractivity contribution in [1.29, 1.82) is 0 Å². The van der Waals surface area contributed by atoms with Crippen molar-refractivity contribution in [3.63, 3.8) is 0 Å². The average Bonchev–Trinajstić information content (AvgIpc) is 3.09. The molecule has 1 saturated heterocycles. The van der Waals surface area contributed by atoms with Crippen LogP contribution in [0.4, 0.5) is 11.6 Å². The molecule has 172 valence electrons. The number of halogens is 1. The van der Waals surface area contributed by atoms with Gasteiger partial charge in [-0.3, -0.25) is 0 Å². The van der Waals surface area contributed by atoms with E-state index >= 15 is 0 Å². The zero-order valence-electron chi connectivity index (χ0n) is 18.5. The van der Waals surface area contributed by atoms with Crippen LogP contribution in [0.25, 0.3) is 0 Å². The molecule has 1 spiro atoms. The second-order valence-corrected chi connectivity index (χ2v) is 10.3. The quantitative estimate of drug-likeness (QED) is 0.513. The molecule has 0 amide bonds. The maximum atomic E-state index is 10.1. The van der Waals surface area contributed by atoms with E-state index in [0.717, 1.165) is 48.8 Å². The third-order valence-corrected chi connectivity index (χ3v) is 8.62. The molecule has 1 atom stereocenters. The highest BCUT2D eigenvalue weighted by molar-refractivity contribution is 7.99. The summed E-state index contributed by atoms with van der Waals surface area (Å²) in [7, 11) is 0. The van der Waals surface area contributed by atoms with E-state index in [1.54, 1.807) is 12.3 Å². The number of nitrogens with zero attached hydrogens (tertiary/aromatic N) is 4. The molecular formula is C24H27ClN6OS. The first-order chi connectivity index (χ1) is 15.9. The molecule has 0 bridgehead atoms. The summed E-state index contributed by atoms with van der Waals surface area (Å²) < 4.78 is 0. The fourth-order valence-electron chi connectivity index (χ4n) is 5.07. The first kappa shape index (κ1) is 22.4. The molecule has 7 nitrogen and oxygen atoms in total. The predicted molar refractivity (Wildman–Crippen MR) is 131 cm³/mol. The van der Waals surface area contributed by atoms with Gasteiger partial charge in [-0.25, -0.2) is 15.0 Å². The van der Waals surface area contributed by atoms with Crippen LogP contribution >= 0.6 is 23.4 Å². The van der Waals surface area contributed by atoms with Crippen LogP contribution in [0.1, 0.15) is 41.4 Å². The monoisotopic (exact) mass is 482 g/mol. The lowest BCUT2D eigenvalue weighted by atomic mass is 9.73. The van der Waals surface area contributed by atoms with Crippen LogP contribution < -0.4 is 16.4 Å². The van der Waals surface area contributed by atoms with Crippen molar-refractivity contribution in [3.05, 3.63) is 64.1 Å². The summed E-state index contributed by atoms with van der Waals surface area (Å²) in [5.74, 6) is 1.03. The van der Waals surface area contributed by atoms with Crippen LogP contribution in [0.5, 0.6) is 0 Å². The van der Waals surface area contributed by atoms with Gasteiger partial charge in [0.2, 0.25) is 0 Å². The number of rotatable bonds is 4. The number of pyridine rings is 1. The zero-order valence-corrected chi connectivity index (χ0v) is 20.0. The van der Waals surface area contributed by atoms with Crippen molar-refractivity contribution in [2.75, 3.05) is 23.7 Å². The van der Waals surface area contributed by atoms with Crippen molar-refractivity contribution >= 4 is 35.0 Å². The van der Waals surface area contributed by atoms with Gasteiger partial charge in [-0.1, -0.05) is 47.6 Å². The van der Waals surface area contributed by atoms with Crippen LogP contribution in [0.15, 0.2) is 46.5 Å². The molecule has 1 aliphatic heterocycles. The minimum atomic E-state index is -0.186. The molecule has 1 aromatic carbocycles. The highest BCUT2D eigenvalue weighted by Crippen LogP contribution is 2.51. The summed E-state index contributed by atoms with van der Waals surface area (Å²) in [6.07, 6.45) is 4.61. The molecule has 0 radical (unpaired) electrons. The van der Waals surface area contributed by atoms with Gasteiger partial charge in [0, 0.05) is 30.2 Å². The fraction of sp³-hybridized carbons (Fsp3) is 0.375. The van der Waals surface area contributed by atoms with Crippen LogP contribution in [0.2, 0.25) is 5.02 Å². The molecule has 2 aromatic heterocycles. The fourth-order valence-corrected chi connectivity index (χ4v) is 6.18. The van der Waals surface area contributed by atoms with Crippen LogP contribution in [0, 0.1) is 12.3 Å². The van der Waals surface area contributed by atoms with Gasteiger partial charge < -0.3 is 21.5 Å². The van der Waals surface area contributed by atoms with Gasteiger partial charge in [0.25, 0.3) is 0 Å². The Morgan fingerprint density at radius 3 is 2.70 bits per heavy atom. The average molecular weight is 483 g/mol. The molecule has 9 heteroatoms. The van der Waals surface area contributed by atoms with Gasteiger partial charge in [0.15, 0.2) is 5.82 Å². The van der Waals surface area contributed by atoms with Gasteiger partial charge >= 0.3 is 0 Å². The Balaban J connectivity index is 1.36. The summed E-state index contributed by atoms with van der Waals surface area (Å²) >= 11 is 7.68. The number of nitrogens with two attached hydrogens (primary N) is 2. The number of piperidine rings is 1. The Labute approximate surface area is 202 Å². The Morgan fingerprint density at radius 1 is 1.21 bits per heavy atom. The van der Waals surface area contributed by atoms with Crippen molar-refractivity contribution in [2.45, 2.75) is 48.8 Å². The second kappa shape index (κ2) is 8.76. The Morgan fingerprint density at radius 2 is 1.97 bits per heavy atom. The number of aliphatic hydroxyl groups excluding tert-OH is 1. The minimum absolute atomic E-state index is 0.0669. The first-order valence-corrected chi connectivity index (χ1v) is 12.3. The molecular weight excluding hydrogens is 456 g/mol. The molecule has 3 aromatic rings. The normalized spacial score (nSPS) is 19.2. The Bertz CT molecular complexity index is 1200. The van der Waals surface area contributed by atoms with Crippen LogP contribution in [0.3, 0.4) is 0 Å². The zero-order chi connectivity index (χ0) is 23.2. The summed E-state index contributed by atoms with van der Waals surface area (Å²) in [6.45, 7) is 3.41. The van der Waals surface area contributed by atoms with Gasteiger partial charge in [0.05, 0.1) is 17.3 Å². The van der Waals surface area contributed by atoms with E-state index in [9.17, 15) is 5.11 Å². The van der Waals surface area contributed by atoms with Crippen molar-refractivity contribution in [2.24, 2.45) is 11.1 Å². The summed E-state index contributed by atoms with van der Waals surface area (Å²) in [5, 5.41) is 11.2. The topological polar surface area (TPSA) is 114 Å². The lowest BCUT2D eigenvalue weighted by molar-refractivity contribution is 0.186. The molecule has 1 fully saturated rings. The predicted octanol–water partition coefficient (Wildman–Crippen LogP) is 3.90. The third-order valence-electron chi connectivity index (χ3n) is 6.97. The molecule has 0 unspecified atom stereocenters. The summed E-state index contributed by atoms with van der Waals surface area (Å²) in [6, 6.07) is 10.4. The van der Waals surface area contributed by atoms with E-state index in [1.807, 2.05) is 6.92 Å². The van der Waals surface area contributed by atoms with Crippen molar-refractivity contribution < 1.29 is 5.11 Å². The summed E-state index contributed by atoms with van der Waals surface area (Å²) in [4.78, 5) is 16.6. The van der Waals surface area contributed by atoms with E-state index in [2.05, 4.69) is 34.1 Å². The van der Waals surface area contributed by atoms with Crippen molar-refractivity contribution in [1.82, 2.24) is 15.0 Å². The third kappa shape index (κ3) is 3.95. The second-order valence-electron chi connectivity index (χ2n) is 8.86. The number of hydrogen-bond donors (Lipinski definition) is 3. The van der Waals surface area contributed by atoms with E-state index < -0.39 is 0 Å². The summed E-state index contributed by atoms with van der Waals surface area (Å²) in [5.41, 5.74) is 16.7. The number of benzene rings is 1. The van der Waals surface area contributed by atoms with Crippen LogP contribution in [-0.4, -0.2) is 33.1 Å². The van der Waals surface area contributed by atoms with E-state index in [4.69, 9.17) is 33.0 Å². The molecule has 3 heterocycles. The maximum absolute atomic E-state index is 10.1. The molecule has 5 N–H and O–H groups in total. The van der Waals surface area contributed by atoms with Crippen molar-refractivity contribution in [3.8, 4) is 0 Å². The standard InChI is InChI=1S/C24H27ClN6OS/c1-14-23(33-18-6-9-28-21(27)19(18)25)30-17(13-32)22(29-14)31-10-7-24(8-11-31)12-15-4-2-3-5-16(15)20(24)26/h2-6,9,20,32H,7-8,10-13,26H2,1H3,(H2,27,28)/t20-/m1/s1. The van der Waals surface area contributed by atoms with E-state index in [1.165, 1.54) is 22.9 Å². The number of aryl methyl sites for hydroxylation is 1. The SMILES string of the molecule is Cc1nc(N2CCC3(CC2)Cc2ccccc2[C@H]3N)c(CO)nc1Sc1ccnc(N)c1Cl. The molecule has 33 heavy (non-hydrogen) atoms. The van der Waals surface area contributed by atoms with Crippen LogP contribution in [-0.2, 0) is 13.0 Å². The smallest absolute Gasteiger partial charge is 0.153 e. The number of aliphatic hydroxyl groups is 1. The van der Waals surface area contributed by atoms with E-state index in [0.29, 0.717) is 15.7 Å². The molecule has 5 rings (SSSR count). The molecule has 0 saturated carbocycles. The molecule has 2 aliphatic rings. The Hall–Kier alpha value is -2.39. The number of fused-ring (bicyclic) bond motifs is 1. The maximum Gasteiger partial charge on any atom is 0.153 e. The highest BCUT2D eigenvalue weighted by atomic mass is 35.5. The Kier molecular flexibility index (Phi) is 5.95. The number of aromatic nitrogens is 3. The van der Waals surface area contributed by atoms with Gasteiger partial charge in [0.1, 0.15) is 16.5 Å². The first-order valence-electron chi connectivity index (χ1n) is 11.1. The number of anilines is 2. The number of hydrogen-bond acceptors (Lipinski definition) is 8. The van der Waals surface area contributed by atoms with Gasteiger partial charge in [-0.2, -0.15) is 0 Å². The number of nitrogen functional groups attached to an aromatic ring is 1. The van der Waals surface area contributed by atoms with E-state index in [-0.39, 0.29) is 23.9 Å². The lowest BCUT2D eigenvalue weighted by Gasteiger charge is -2.43.